The predicted octanol–water partition coefficient (Wildman–Crippen LogP) is 2.86. The minimum atomic E-state index is -0.516. The average molecular weight is 311 g/mol. The van der Waals surface area contributed by atoms with Crippen molar-refractivity contribution in [3.8, 4) is 17.2 Å². The van der Waals surface area contributed by atoms with E-state index in [1.807, 2.05) is 6.07 Å². The Morgan fingerprint density at radius 2 is 2.14 bits per heavy atom. The molecule has 0 aliphatic rings. The van der Waals surface area contributed by atoms with Crippen LogP contribution in [0.3, 0.4) is 0 Å². The number of hydrogen-bond acceptors (Lipinski definition) is 3. The first-order valence-electron chi connectivity index (χ1n) is 6.46. The predicted molar refractivity (Wildman–Crippen MR) is 84.4 cm³/mol. The van der Waals surface area contributed by atoms with Crippen molar-refractivity contribution in [2.24, 2.45) is 12.8 Å². The number of primary amides is 1. The van der Waals surface area contributed by atoms with Crippen LogP contribution in [0.2, 0.25) is 5.15 Å². The van der Waals surface area contributed by atoms with Crippen molar-refractivity contribution in [1.82, 2.24) is 9.55 Å². The van der Waals surface area contributed by atoms with E-state index in [4.69, 9.17) is 17.3 Å². The van der Waals surface area contributed by atoms with Crippen LogP contribution >= 0.6 is 11.6 Å². The molecule has 0 unspecified atom stereocenters. The fraction of sp³-hybridized carbons (Fsp3) is 0.0625. The van der Waals surface area contributed by atoms with E-state index in [1.165, 1.54) is 0 Å². The lowest BCUT2D eigenvalue weighted by atomic mass is 10.0. The van der Waals surface area contributed by atoms with Crippen LogP contribution in [0.15, 0.2) is 36.5 Å². The molecule has 6 heteroatoms. The van der Waals surface area contributed by atoms with Gasteiger partial charge >= 0.3 is 0 Å². The summed E-state index contributed by atoms with van der Waals surface area (Å²) in [4.78, 5) is 15.6. The summed E-state index contributed by atoms with van der Waals surface area (Å²) >= 11 is 5.82. The molecule has 0 fully saturated rings. The van der Waals surface area contributed by atoms with Crippen molar-refractivity contribution in [1.29, 1.82) is 5.26 Å². The minimum Gasteiger partial charge on any atom is -0.364 e. The van der Waals surface area contributed by atoms with E-state index in [1.54, 1.807) is 42.1 Å². The van der Waals surface area contributed by atoms with Crippen LogP contribution in [-0.2, 0) is 7.05 Å². The number of nitrogens with two attached hydrogens (primary N) is 1. The van der Waals surface area contributed by atoms with Crippen LogP contribution in [0.5, 0.6) is 0 Å². The second-order valence-corrected chi connectivity index (χ2v) is 5.28. The van der Waals surface area contributed by atoms with E-state index in [2.05, 4.69) is 11.1 Å². The average Bonchev–Trinajstić information content (AvgIpc) is 2.84. The highest BCUT2D eigenvalue weighted by atomic mass is 35.5. The minimum absolute atomic E-state index is 0.383. The van der Waals surface area contributed by atoms with Crippen LogP contribution < -0.4 is 5.73 Å². The molecule has 0 spiro atoms. The Kier molecular flexibility index (Phi) is 3.32. The number of benzene rings is 1. The lowest BCUT2D eigenvalue weighted by molar-refractivity contribution is 0.0993. The zero-order valence-corrected chi connectivity index (χ0v) is 12.4. The van der Waals surface area contributed by atoms with Gasteiger partial charge in [-0.3, -0.25) is 4.79 Å². The maximum absolute atomic E-state index is 11.5. The summed E-state index contributed by atoms with van der Waals surface area (Å²) in [6.07, 6.45) is 1.63. The Labute approximate surface area is 131 Å². The van der Waals surface area contributed by atoms with Crippen molar-refractivity contribution in [2.45, 2.75) is 0 Å². The number of nitrogens with zero attached hydrogens (tertiary/aromatic N) is 3. The summed E-state index contributed by atoms with van der Waals surface area (Å²) in [5, 5.41) is 10.4. The normalized spacial score (nSPS) is 10.6. The Morgan fingerprint density at radius 1 is 1.36 bits per heavy atom. The number of pyridine rings is 1. The number of hydrogen-bond donors (Lipinski definition) is 1. The molecular formula is C16H11ClN4O. The summed E-state index contributed by atoms with van der Waals surface area (Å²) in [5.74, 6) is -0.516. The standard InChI is InChI=1S/C16H11ClN4O/c1-21-13(16(19)22)6-11-4-9(7-18)5-12(15(11)21)10-2-3-14(17)20-8-10/h2-6,8H,1H3,(H2,19,22). The van der Waals surface area contributed by atoms with Crippen molar-refractivity contribution >= 4 is 28.4 Å². The molecule has 1 aromatic carbocycles. The molecule has 0 saturated heterocycles. The maximum atomic E-state index is 11.5. The molecule has 3 rings (SSSR count). The number of fused-ring (bicyclic) bond motifs is 1. The molecule has 0 saturated carbocycles. The van der Waals surface area contributed by atoms with Crippen LogP contribution in [0, 0.1) is 11.3 Å². The Balaban J connectivity index is 2.39. The van der Waals surface area contributed by atoms with Crippen LogP contribution in [0.25, 0.3) is 22.0 Å². The van der Waals surface area contributed by atoms with Crippen molar-refractivity contribution in [2.75, 3.05) is 0 Å². The van der Waals surface area contributed by atoms with Crippen molar-refractivity contribution in [3.63, 3.8) is 0 Å². The van der Waals surface area contributed by atoms with Crippen molar-refractivity contribution < 1.29 is 4.79 Å². The van der Waals surface area contributed by atoms with Gasteiger partial charge in [0.15, 0.2) is 0 Å². The summed E-state index contributed by atoms with van der Waals surface area (Å²) in [6.45, 7) is 0. The number of nitriles is 1. The SMILES string of the molecule is Cn1c(C(N)=O)cc2cc(C#N)cc(-c3ccc(Cl)nc3)c21. The molecule has 0 radical (unpaired) electrons. The summed E-state index contributed by atoms with van der Waals surface area (Å²) in [6, 6.07) is 10.8. The quantitative estimate of drug-likeness (QED) is 0.738. The fourth-order valence-electron chi connectivity index (χ4n) is 2.56. The van der Waals surface area contributed by atoms with Gasteiger partial charge in [0.2, 0.25) is 0 Å². The molecule has 22 heavy (non-hydrogen) atoms. The van der Waals surface area contributed by atoms with E-state index in [0.29, 0.717) is 16.4 Å². The topological polar surface area (TPSA) is 84.7 Å². The Hall–Kier alpha value is -2.84. The molecule has 0 atom stereocenters. The summed E-state index contributed by atoms with van der Waals surface area (Å²) in [7, 11) is 1.77. The molecule has 0 aliphatic heterocycles. The number of aromatic nitrogens is 2. The van der Waals surface area contributed by atoms with Crippen LogP contribution in [0.1, 0.15) is 16.1 Å². The lowest BCUT2D eigenvalue weighted by Crippen LogP contribution is -2.14. The van der Waals surface area contributed by atoms with Gasteiger partial charge in [-0.05, 0) is 30.3 Å². The number of amides is 1. The van der Waals surface area contributed by atoms with E-state index >= 15 is 0 Å². The van der Waals surface area contributed by atoms with Gasteiger partial charge in [-0.25, -0.2) is 4.98 Å². The number of rotatable bonds is 2. The maximum Gasteiger partial charge on any atom is 0.265 e. The molecule has 108 valence electrons. The lowest BCUT2D eigenvalue weighted by Gasteiger charge is -2.08. The first kappa shape index (κ1) is 14.1. The second kappa shape index (κ2) is 5.17. The zero-order valence-electron chi connectivity index (χ0n) is 11.7. The fourth-order valence-corrected chi connectivity index (χ4v) is 2.67. The molecule has 1 amide bonds. The summed E-state index contributed by atoms with van der Waals surface area (Å²) < 4.78 is 1.72. The largest absolute Gasteiger partial charge is 0.364 e. The molecular weight excluding hydrogens is 300 g/mol. The Bertz CT molecular complexity index is 935. The number of halogens is 1. The Morgan fingerprint density at radius 3 is 2.73 bits per heavy atom. The van der Waals surface area contributed by atoms with Crippen molar-refractivity contribution in [3.05, 3.63) is 52.9 Å². The van der Waals surface area contributed by atoms with Gasteiger partial charge in [0.25, 0.3) is 5.91 Å². The molecule has 2 heterocycles. The number of aryl methyl sites for hydroxylation is 1. The first-order valence-corrected chi connectivity index (χ1v) is 6.84. The van der Waals surface area contributed by atoms with E-state index in [-0.39, 0.29) is 0 Å². The van der Waals surface area contributed by atoms with Gasteiger partial charge in [-0.1, -0.05) is 11.6 Å². The van der Waals surface area contributed by atoms with Gasteiger partial charge < -0.3 is 10.3 Å². The monoisotopic (exact) mass is 310 g/mol. The molecule has 2 aromatic heterocycles. The first-order chi connectivity index (χ1) is 10.5. The summed E-state index contributed by atoms with van der Waals surface area (Å²) in [5.41, 5.74) is 8.71. The highest BCUT2D eigenvalue weighted by Gasteiger charge is 2.16. The van der Waals surface area contributed by atoms with Gasteiger partial charge in [0, 0.05) is 29.8 Å². The van der Waals surface area contributed by atoms with Crippen LogP contribution in [-0.4, -0.2) is 15.5 Å². The third kappa shape index (κ3) is 2.20. The molecule has 2 N–H and O–H groups in total. The zero-order chi connectivity index (χ0) is 15.9. The van der Waals surface area contributed by atoms with E-state index in [0.717, 1.165) is 22.0 Å². The highest BCUT2D eigenvalue weighted by molar-refractivity contribution is 6.29. The molecule has 0 bridgehead atoms. The van der Waals surface area contributed by atoms with Gasteiger partial charge in [-0.15, -0.1) is 0 Å². The molecule has 0 aliphatic carbocycles. The van der Waals surface area contributed by atoms with Gasteiger partial charge in [0.05, 0.1) is 17.1 Å². The highest BCUT2D eigenvalue weighted by Crippen LogP contribution is 2.32. The molecule has 3 aromatic rings. The number of carbonyl (C=O) groups is 1. The van der Waals surface area contributed by atoms with Gasteiger partial charge in [0.1, 0.15) is 10.8 Å². The number of carbonyl (C=O) groups excluding carboxylic acids is 1. The van der Waals surface area contributed by atoms with Crippen LogP contribution in [0.4, 0.5) is 0 Å². The third-order valence-corrected chi connectivity index (χ3v) is 3.77. The van der Waals surface area contributed by atoms with Gasteiger partial charge in [-0.2, -0.15) is 5.26 Å². The smallest absolute Gasteiger partial charge is 0.265 e. The molecule has 5 nitrogen and oxygen atoms in total. The van der Waals surface area contributed by atoms with E-state index in [9.17, 15) is 10.1 Å². The van der Waals surface area contributed by atoms with E-state index < -0.39 is 5.91 Å². The third-order valence-electron chi connectivity index (χ3n) is 3.55. The second-order valence-electron chi connectivity index (χ2n) is 4.90.